The zero-order valence-corrected chi connectivity index (χ0v) is 16.8. The van der Waals surface area contributed by atoms with Gasteiger partial charge in [-0.1, -0.05) is 17.7 Å². The Hall–Kier alpha value is -2.28. The topological polar surface area (TPSA) is 67.4 Å². The highest BCUT2D eigenvalue weighted by molar-refractivity contribution is 8.03. The number of amides is 1. The third-order valence-electron chi connectivity index (χ3n) is 4.88. The monoisotopic (exact) mass is 416 g/mol. The Morgan fingerprint density at radius 3 is 2.79 bits per heavy atom. The third-order valence-corrected chi connectivity index (χ3v) is 6.79. The lowest BCUT2D eigenvalue weighted by atomic mass is 10.1. The number of fused-ring (bicyclic) bond motifs is 1. The Balaban J connectivity index is 1.57. The molecule has 0 bridgehead atoms. The van der Waals surface area contributed by atoms with Crippen LogP contribution in [0.5, 0.6) is 5.75 Å². The van der Waals surface area contributed by atoms with E-state index in [1.165, 1.54) is 0 Å². The van der Waals surface area contributed by atoms with Crippen LogP contribution in [0.2, 0.25) is 5.02 Å². The molecule has 2 aliphatic heterocycles. The van der Waals surface area contributed by atoms with Crippen LogP contribution in [0, 0.1) is 0 Å². The van der Waals surface area contributed by atoms with Crippen molar-refractivity contribution in [2.45, 2.75) is 23.8 Å². The van der Waals surface area contributed by atoms with Crippen LogP contribution in [0.4, 0.5) is 5.69 Å². The Morgan fingerprint density at radius 2 is 2.00 bits per heavy atom. The molecule has 2 N–H and O–H groups in total. The number of carbonyl (C=O) groups is 1. The van der Waals surface area contributed by atoms with Gasteiger partial charge in [0.1, 0.15) is 11.9 Å². The third kappa shape index (κ3) is 3.94. The van der Waals surface area contributed by atoms with Gasteiger partial charge in [0.05, 0.1) is 5.56 Å². The molecule has 2 aromatic carbocycles. The number of hydrogen-bond donors (Lipinski definition) is 2. The largest absolute Gasteiger partial charge is 0.489 e. The number of nitrogens with one attached hydrogen (secondary N) is 2. The van der Waals surface area contributed by atoms with E-state index in [4.69, 9.17) is 16.3 Å². The average molecular weight is 417 g/mol. The van der Waals surface area contributed by atoms with E-state index >= 15 is 0 Å². The van der Waals surface area contributed by atoms with Gasteiger partial charge in [-0.2, -0.15) is 0 Å². The molecule has 2 heterocycles. The van der Waals surface area contributed by atoms with Crippen LogP contribution in [0.25, 0.3) is 6.08 Å². The van der Waals surface area contributed by atoms with Gasteiger partial charge in [0.15, 0.2) is 0 Å². The Bertz CT molecular complexity index is 1060. The van der Waals surface area contributed by atoms with Crippen molar-refractivity contribution in [3.63, 3.8) is 0 Å². The molecule has 0 aliphatic carbocycles. The average Bonchev–Trinajstić information content (AvgIpc) is 2.98. The van der Waals surface area contributed by atoms with Gasteiger partial charge in [-0.15, -0.1) is 0 Å². The van der Waals surface area contributed by atoms with E-state index < -0.39 is 9.52 Å². The van der Waals surface area contributed by atoms with Crippen molar-refractivity contribution in [1.29, 1.82) is 0 Å². The predicted molar refractivity (Wildman–Crippen MR) is 115 cm³/mol. The van der Waals surface area contributed by atoms with Crippen molar-refractivity contribution in [3.8, 4) is 5.75 Å². The van der Waals surface area contributed by atoms with Gasteiger partial charge in [-0.05, 0) is 79.2 Å². The molecule has 1 atom stereocenters. The standard InChI is InChI=1S/C21H21ClN2O3S/c1-28(26)11-8-14-2-4-16(13-20(14)28)24-21(25)18-12-15(22)3-5-19(18)27-17-6-9-23-10-7-17/h2-5,8,11-13,17,23H,1,6-7,9-10H2,(H,24,25). The van der Waals surface area contributed by atoms with E-state index in [-0.39, 0.29) is 12.0 Å². The van der Waals surface area contributed by atoms with Gasteiger partial charge in [0.2, 0.25) is 0 Å². The second-order valence-corrected chi connectivity index (χ2v) is 9.54. The molecule has 146 valence electrons. The first-order valence-electron chi connectivity index (χ1n) is 9.10. The Morgan fingerprint density at radius 1 is 1.21 bits per heavy atom. The normalized spacial score (nSPS) is 21.3. The van der Waals surface area contributed by atoms with E-state index in [1.807, 2.05) is 6.07 Å². The predicted octanol–water partition coefficient (Wildman–Crippen LogP) is 3.78. The maximum Gasteiger partial charge on any atom is 0.259 e. The molecule has 2 aromatic rings. The van der Waals surface area contributed by atoms with E-state index in [0.29, 0.717) is 26.9 Å². The summed E-state index contributed by atoms with van der Waals surface area (Å²) in [5.74, 6) is 3.95. The molecule has 1 saturated heterocycles. The van der Waals surface area contributed by atoms with Gasteiger partial charge in [-0.3, -0.25) is 9.00 Å². The summed E-state index contributed by atoms with van der Waals surface area (Å²) in [6.07, 6.45) is 3.63. The fourth-order valence-corrected chi connectivity index (χ4v) is 4.93. The fraction of sp³-hybridized carbons (Fsp3) is 0.238. The number of carbonyl (C=O) groups excluding carboxylic acids is 1. The number of anilines is 1. The molecule has 1 unspecified atom stereocenters. The highest BCUT2D eigenvalue weighted by Gasteiger charge is 2.21. The molecule has 7 heteroatoms. The second kappa shape index (κ2) is 7.62. The minimum absolute atomic E-state index is 0.0656. The van der Waals surface area contributed by atoms with E-state index in [2.05, 4.69) is 16.5 Å². The Labute approximate surface area is 169 Å². The number of benzene rings is 2. The summed E-state index contributed by atoms with van der Waals surface area (Å²) in [5, 5.41) is 8.21. The molecule has 5 nitrogen and oxygen atoms in total. The fourth-order valence-electron chi connectivity index (χ4n) is 3.38. The first-order valence-corrected chi connectivity index (χ1v) is 11.3. The van der Waals surface area contributed by atoms with Crippen molar-refractivity contribution in [3.05, 3.63) is 58.0 Å². The smallest absolute Gasteiger partial charge is 0.259 e. The summed E-state index contributed by atoms with van der Waals surface area (Å²) in [5.41, 5.74) is 1.78. The van der Waals surface area contributed by atoms with Gasteiger partial charge in [0.25, 0.3) is 5.91 Å². The van der Waals surface area contributed by atoms with Crippen LogP contribution in [-0.2, 0) is 9.52 Å². The molecule has 2 aliphatic rings. The molecule has 0 spiro atoms. The number of piperidine rings is 1. The lowest BCUT2D eigenvalue weighted by molar-refractivity contribution is 0.101. The van der Waals surface area contributed by atoms with Crippen LogP contribution >= 0.6 is 11.6 Å². The molecule has 0 aromatic heterocycles. The quantitative estimate of drug-likeness (QED) is 0.744. The first-order chi connectivity index (χ1) is 13.4. The van der Waals surface area contributed by atoms with Gasteiger partial charge in [-0.25, -0.2) is 0 Å². The van der Waals surface area contributed by atoms with E-state index in [0.717, 1.165) is 31.5 Å². The highest BCUT2D eigenvalue weighted by Crippen LogP contribution is 2.31. The lowest BCUT2D eigenvalue weighted by Crippen LogP contribution is -2.34. The maximum atomic E-state index is 12.9. The molecule has 28 heavy (non-hydrogen) atoms. The van der Waals surface area contributed by atoms with E-state index in [1.54, 1.807) is 41.8 Å². The van der Waals surface area contributed by atoms with Crippen LogP contribution < -0.4 is 15.4 Å². The summed E-state index contributed by atoms with van der Waals surface area (Å²) in [4.78, 5) is 13.6. The highest BCUT2D eigenvalue weighted by atomic mass is 35.5. The van der Waals surface area contributed by atoms with Crippen molar-refractivity contribution >= 4 is 44.7 Å². The molecule has 0 radical (unpaired) electrons. The van der Waals surface area contributed by atoms with Crippen molar-refractivity contribution in [2.24, 2.45) is 0 Å². The summed E-state index contributed by atoms with van der Waals surface area (Å²) < 4.78 is 18.6. The molecule has 4 rings (SSSR count). The minimum Gasteiger partial charge on any atom is -0.489 e. The van der Waals surface area contributed by atoms with Crippen LogP contribution in [-0.4, -0.2) is 35.2 Å². The number of hydrogen-bond acceptors (Lipinski definition) is 4. The number of ether oxygens (including phenoxy) is 1. The van der Waals surface area contributed by atoms with Gasteiger partial charge in [0, 0.05) is 25.1 Å². The molecule has 0 saturated carbocycles. The molecular formula is C21H21ClN2O3S. The zero-order chi connectivity index (χ0) is 19.7. The molecule has 1 fully saturated rings. The molecule has 1 amide bonds. The van der Waals surface area contributed by atoms with Crippen molar-refractivity contribution < 1.29 is 13.7 Å². The van der Waals surface area contributed by atoms with Crippen molar-refractivity contribution in [2.75, 3.05) is 18.4 Å². The zero-order valence-electron chi connectivity index (χ0n) is 15.2. The lowest BCUT2D eigenvalue weighted by Gasteiger charge is -2.25. The SMILES string of the molecule is C=S1(=O)C=Cc2ccc(NC(=O)c3cc(Cl)ccc3OC3CCNCC3)cc21. The number of rotatable bonds is 4. The summed E-state index contributed by atoms with van der Waals surface area (Å²) in [6, 6.07) is 10.4. The van der Waals surface area contributed by atoms with Crippen LogP contribution in [0.3, 0.4) is 0 Å². The Kier molecular flexibility index (Phi) is 5.19. The summed E-state index contributed by atoms with van der Waals surface area (Å²) >= 11 is 6.12. The minimum atomic E-state index is -2.45. The first kappa shape index (κ1) is 19.1. The van der Waals surface area contributed by atoms with Crippen LogP contribution in [0.15, 0.2) is 46.7 Å². The molecular weight excluding hydrogens is 396 g/mol. The van der Waals surface area contributed by atoms with Crippen LogP contribution in [0.1, 0.15) is 28.8 Å². The second-order valence-electron chi connectivity index (χ2n) is 6.94. The van der Waals surface area contributed by atoms with Gasteiger partial charge >= 0.3 is 0 Å². The van der Waals surface area contributed by atoms with Gasteiger partial charge < -0.3 is 15.4 Å². The number of halogens is 1. The summed E-state index contributed by atoms with van der Waals surface area (Å²) in [6.45, 7) is 1.79. The maximum absolute atomic E-state index is 12.9. The van der Waals surface area contributed by atoms with Crippen molar-refractivity contribution in [1.82, 2.24) is 5.32 Å². The summed E-state index contributed by atoms with van der Waals surface area (Å²) in [7, 11) is -2.45. The van der Waals surface area contributed by atoms with E-state index in [9.17, 15) is 9.00 Å².